The second kappa shape index (κ2) is 6.06. The Morgan fingerprint density at radius 1 is 1.37 bits per heavy atom. The number of hydrogen-bond acceptors (Lipinski definition) is 3. The van der Waals surface area contributed by atoms with E-state index in [1.807, 2.05) is 31.2 Å². The van der Waals surface area contributed by atoms with Crippen LogP contribution in [-0.2, 0) is 4.79 Å². The van der Waals surface area contributed by atoms with Gasteiger partial charge in [0.25, 0.3) is 0 Å². The molecule has 0 aliphatic heterocycles. The molecule has 1 aliphatic carbocycles. The van der Waals surface area contributed by atoms with E-state index in [4.69, 9.17) is 4.74 Å². The molecule has 2 atom stereocenters. The average Bonchev–Trinajstić information content (AvgIpc) is 3.22. The molecule has 4 nitrogen and oxygen atoms in total. The summed E-state index contributed by atoms with van der Waals surface area (Å²) in [5.74, 6) is 0.915. The van der Waals surface area contributed by atoms with Crippen LogP contribution in [0.25, 0.3) is 0 Å². The fourth-order valence-corrected chi connectivity index (χ4v) is 2.01. The summed E-state index contributed by atoms with van der Waals surface area (Å²) in [6.45, 7) is 3.95. The monoisotopic (exact) mass is 262 g/mol. The Hall–Kier alpha value is -1.55. The molecular weight excluding hydrogens is 240 g/mol. The molecule has 1 saturated carbocycles. The van der Waals surface area contributed by atoms with Gasteiger partial charge in [-0.3, -0.25) is 10.1 Å². The van der Waals surface area contributed by atoms with E-state index in [1.54, 1.807) is 7.11 Å². The van der Waals surface area contributed by atoms with Gasteiger partial charge in [0, 0.05) is 12.1 Å². The molecule has 104 valence electrons. The van der Waals surface area contributed by atoms with Crippen molar-refractivity contribution in [3.8, 4) is 5.75 Å². The van der Waals surface area contributed by atoms with Gasteiger partial charge in [-0.05, 0) is 44.4 Å². The van der Waals surface area contributed by atoms with Gasteiger partial charge in [0.2, 0.25) is 5.91 Å². The van der Waals surface area contributed by atoms with E-state index < -0.39 is 0 Å². The minimum atomic E-state index is -0.193. The number of nitrogens with one attached hydrogen (secondary N) is 2. The molecule has 1 aliphatic rings. The molecule has 1 amide bonds. The first kappa shape index (κ1) is 13.9. The highest BCUT2D eigenvalue weighted by Gasteiger charge is 2.26. The predicted molar refractivity (Wildman–Crippen MR) is 75.2 cm³/mol. The second-order valence-electron chi connectivity index (χ2n) is 5.17. The van der Waals surface area contributed by atoms with Crippen molar-refractivity contribution in [2.75, 3.05) is 7.11 Å². The Morgan fingerprint density at radius 3 is 2.74 bits per heavy atom. The zero-order valence-corrected chi connectivity index (χ0v) is 11.8. The van der Waals surface area contributed by atoms with E-state index in [0.29, 0.717) is 6.04 Å². The number of benzene rings is 1. The maximum atomic E-state index is 11.9. The summed E-state index contributed by atoms with van der Waals surface area (Å²) >= 11 is 0. The largest absolute Gasteiger partial charge is 0.497 e. The lowest BCUT2D eigenvalue weighted by Gasteiger charge is -2.20. The Morgan fingerprint density at radius 2 is 2.11 bits per heavy atom. The lowest BCUT2D eigenvalue weighted by Crippen LogP contribution is -2.43. The van der Waals surface area contributed by atoms with Crippen LogP contribution < -0.4 is 15.4 Å². The Labute approximate surface area is 114 Å². The molecule has 0 heterocycles. The van der Waals surface area contributed by atoms with Crippen LogP contribution in [0.3, 0.4) is 0 Å². The lowest BCUT2D eigenvalue weighted by atomic mass is 10.1. The van der Waals surface area contributed by atoms with Crippen molar-refractivity contribution in [2.24, 2.45) is 0 Å². The van der Waals surface area contributed by atoms with Crippen LogP contribution >= 0.6 is 0 Å². The number of carbonyl (C=O) groups is 1. The van der Waals surface area contributed by atoms with Gasteiger partial charge in [-0.15, -0.1) is 0 Å². The Balaban J connectivity index is 1.91. The van der Waals surface area contributed by atoms with Crippen molar-refractivity contribution < 1.29 is 9.53 Å². The SMILES string of the molecule is COc1cccc([C@@H](C)NC(C)C(=O)NC2CC2)c1. The second-order valence-corrected chi connectivity index (χ2v) is 5.17. The number of ether oxygens (including phenoxy) is 1. The van der Waals surface area contributed by atoms with Crippen LogP contribution in [0.1, 0.15) is 38.3 Å². The standard InChI is InChI=1S/C15H22N2O2/c1-10(12-5-4-6-14(9-12)19-3)16-11(2)15(18)17-13-7-8-13/h4-6,9-11,13,16H,7-8H2,1-3H3,(H,17,18)/t10-,11?/m1/s1. The van der Waals surface area contributed by atoms with Gasteiger partial charge in [-0.25, -0.2) is 0 Å². The molecule has 0 radical (unpaired) electrons. The molecule has 0 aromatic heterocycles. The van der Waals surface area contributed by atoms with Crippen LogP contribution in [-0.4, -0.2) is 25.1 Å². The van der Waals surface area contributed by atoms with Crippen molar-refractivity contribution in [3.05, 3.63) is 29.8 Å². The third-order valence-electron chi connectivity index (χ3n) is 3.41. The first-order chi connectivity index (χ1) is 9.10. The summed E-state index contributed by atoms with van der Waals surface area (Å²) in [6, 6.07) is 8.22. The van der Waals surface area contributed by atoms with Crippen molar-refractivity contribution in [2.45, 2.75) is 44.8 Å². The van der Waals surface area contributed by atoms with Crippen LogP contribution in [0, 0.1) is 0 Å². The number of methoxy groups -OCH3 is 1. The Kier molecular flexibility index (Phi) is 4.43. The van der Waals surface area contributed by atoms with Gasteiger partial charge >= 0.3 is 0 Å². The first-order valence-corrected chi connectivity index (χ1v) is 6.80. The van der Waals surface area contributed by atoms with Gasteiger partial charge in [0.1, 0.15) is 5.75 Å². The van der Waals surface area contributed by atoms with Gasteiger partial charge in [-0.1, -0.05) is 12.1 Å². The quantitative estimate of drug-likeness (QED) is 0.824. The number of carbonyl (C=O) groups excluding carboxylic acids is 1. The molecule has 19 heavy (non-hydrogen) atoms. The van der Waals surface area contributed by atoms with E-state index in [1.165, 1.54) is 0 Å². The lowest BCUT2D eigenvalue weighted by molar-refractivity contribution is -0.123. The summed E-state index contributed by atoms with van der Waals surface area (Å²) in [7, 11) is 1.66. The zero-order valence-electron chi connectivity index (χ0n) is 11.8. The molecule has 0 bridgehead atoms. The normalized spacial score (nSPS) is 17.6. The van der Waals surface area contributed by atoms with Crippen molar-refractivity contribution in [1.29, 1.82) is 0 Å². The maximum absolute atomic E-state index is 11.9. The van der Waals surface area contributed by atoms with Crippen LogP contribution in [0.5, 0.6) is 5.75 Å². The van der Waals surface area contributed by atoms with Gasteiger partial charge in [-0.2, -0.15) is 0 Å². The third kappa shape index (κ3) is 3.96. The molecule has 0 spiro atoms. The van der Waals surface area contributed by atoms with Crippen molar-refractivity contribution in [1.82, 2.24) is 10.6 Å². The topological polar surface area (TPSA) is 50.4 Å². The highest BCUT2D eigenvalue weighted by molar-refractivity contribution is 5.81. The average molecular weight is 262 g/mol. The minimum absolute atomic E-state index is 0.0808. The molecule has 2 N–H and O–H groups in total. The van der Waals surface area contributed by atoms with E-state index in [0.717, 1.165) is 24.2 Å². The predicted octanol–water partition coefficient (Wildman–Crippen LogP) is 2.01. The highest BCUT2D eigenvalue weighted by atomic mass is 16.5. The molecule has 1 aromatic carbocycles. The molecule has 0 saturated heterocycles. The van der Waals surface area contributed by atoms with Gasteiger partial charge in [0.05, 0.1) is 13.2 Å². The summed E-state index contributed by atoms with van der Waals surface area (Å²) in [5, 5.41) is 6.32. The zero-order chi connectivity index (χ0) is 13.8. The maximum Gasteiger partial charge on any atom is 0.237 e. The van der Waals surface area contributed by atoms with E-state index in [2.05, 4.69) is 17.6 Å². The Bertz CT molecular complexity index is 444. The van der Waals surface area contributed by atoms with Gasteiger partial charge in [0.15, 0.2) is 0 Å². The van der Waals surface area contributed by atoms with E-state index in [-0.39, 0.29) is 18.0 Å². The molecule has 1 aromatic rings. The number of hydrogen-bond donors (Lipinski definition) is 2. The van der Waals surface area contributed by atoms with Crippen molar-refractivity contribution in [3.63, 3.8) is 0 Å². The fourth-order valence-electron chi connectivity index (χ4n) is 2.01. The van der Waals surface area contributed by atoms with E-state index in [9.17, 15) is 4.79 Å². The fraction of sp³-hybridized carbons (Fsp3) is 0.533. The number of rotatable bonds is 6. The summed E-state index contributed by atoms with van der Waals surface area (Å²) in [5.41, 5.74) is 1.12. The smallest absolute Gasteiger partial charge is 0.237 e. The highest BCUT2D eigenvalue weighted by Crippen LogP contribution is 2.20. The number of amides is 1. The molecule has 1 unspecified atom stereocenters. The van der Waals surface area contributed by atoms with Crippen LogP contribution in [0.4, 0.5) is 0 Å². The molecule has 2 rings (SSSR count). The molecule has 4 heteroatoms. The summed E-state index contributed by atoms with van der Waals surface area (Å²) in [6.07, 6.45) is 2.23. The first-order valence-electron chi connectivity index (χ1n) is 6.80. The van der Waals surface area contributed by atoms with Crippen molar-refractivity contribution >= 4 is 5.91 Å². The van der Waals surface area contributed by atoms with Crippen LogP contribution in [0.15, 0.2) is 24.3 Å². The van der Waals surface area contributed by atoms with Gasteiger partial charge < -0.3 is 10.1 Å². The van der Waals surface area contributed by atoms with Crippen LogP contribution in [0.2, 0.25) is 0 Å². The van der Waals surface area contributed by atoms with E-state index >= 15 is 0 Å². The summed E-state index contributed by atoms with van der Waals surface area (Å²) in [4.78, 5) is 11.9. The molecule has 1 fully saturated rings. The minimum Gasteiger partial charge on any atom is -0.497 e. The summed E-state index contributed by atoms with van der Waals surface area (Å²) < 4.78 is 5.21. The molecular formula is C15H22N2O2. The third-order valence-corrected chi connectivity index (χ3v) is 3.41.